The maximum atomic E-state index is 4.90. The Bertz CT molecular complexity index is 545. The van der Waals surface area contributed by atoms with Crippen molar-refractivity contribution in [2.75, 3.05) is 0 Å². The van der Waals surface area contributed by atoms with E-state index >= 15 is 0 Å². The second-order valence-electron chi connectivity index (χ2n) is 5.72. The Morgan fingerprint density at radius 2 is 1.94 bits per heavy atom. The highest BCUT2D eigenvalue weighted by Crippen LogP contribution is 2.53. The second kappa shape index (κ2) is 4.20. The highest BCUT2D eigenvalue weighted by atomic mass is 32.1. The molecule has 0 N–H and O–H groups in total. The van der Waals surface area contributed by atoms with Crippen molar-refractivity contribution in [1.82, 2.24) is 4.98 Å². The van der Waals surface area contributed by atoms with Crippen molar-refractivity contribution >= 4 is 11.3 Å². The molecule has 0 radical (unpaired) electrons. The molecule has 2 saturated carbocycles. The molecule has 2 fully saturated rings. The monoisotopic (exact) mass is 255 g/mol. The standard InChI is InChI=1S/C16H17NS/c1-2-4-12(5-3-1)15-10-18-16(17-15)14-9-11-6-7-13(14)8-11/h1-5,10-11,13-14H,6-9H2. The van der Waals surface area contributed by atoms with Crippen LogP contribution < -0.4 is 0 Å². The third-order valence-corrected chi connectivity index (χ3v) is 5.62. The van der Waals surface area contributed by atoms with Gasteiger partial charge in [0.1, 0.15) is 0 Å². The summed E-state index contributed by atoms with van der Waals surface area (Å²) in [5, 5.41) is 3.62. The molecular weight excluding hydrogens is 238 g/mol. The average molecular weight is 255 g/mol. The number of aromatic nitrogens is 1. The van der Waals surface area contributed by atoms with Gasteiger partial charge in [-0.2, -0.15) is 0 Å². The van der Waals surface area contributed by atoms with Crippen molar-refractivity contribution in [2.45, 2.75) is 31.6 Å². The summed E-state index contributed by atoms with van der Waals surface area (Å²) in [5.41, 5.74) is 2.42. The van der Waals surface area contributed by atoms with Crippen LogP contribution in [0.4, 0.5) is 0 Å². The molecule has 92 valence electrons. The van der Waals surface area contributed by atoms with Gasteiger partial charge in [-0.05, 0) is 31.1 Å². The summed E-state index contributed by atoms with van der Waals surface area (Å²) in [7, 11) is 0. The molecule has 0 spiro atoms. The largest absolute Gasteiger partial charge is 0.241 e. The molecule has 3 unspecified atom stereocenters. The zero-order valence-corrected chi connectivity index (χ0v) is 11.2. The summed E-state index contributed by atoms with van der Waals surface area (Å²) in [6.07, 6.45) is 5.77. The first kappa shape index (κ1) is 10.7. The lowest BCUT2D eigenvalue weighted by atomic mass is 9.89. The maximum absolute atomic E-state index is 4.90. The van der Waals surface area contributed by atoms with Crippen LogP contribution in [0, 0.1) is 11.8 Å². The van der Waals surface area contributed by atoms with Crippen molar-refractivity contribution in [1.29, 1.82) is 0 Å². The number of nitrogens with zero attached hydrogens (tertiary/aromatic N) is 1. The minimum atomic E-state index is 0.770. The second-order valence-corrected chi connectivity index (χ2v) is 6.61. The zero-order chi connectivity index (χ0) is 11.9. The summed E-state index contributed by atoms with van der Waals surface area (Å²) < 4.78 is 0. The summed E-state index contributed by atoms with van der Waals surface area (Å²) in [4.78, 5) is 4.90. The quantitative estimate of drug-likeness (QED) is 0.757. The summed E-state index contributed by atoms with van der Waals surface area (Å²) >= 11 is 1.87. The van der Waals surface area contributed by atoms with Crippen molar-refractivity contribution in [3.63, 3.8) is 0 Å². The molecule has 2 aromatic rings. The van der Waals surface area contributed by atoms with Crippen LogP contribution >= 0.6 is 11.3 Å². The average Bonchev–Trinajstić information content (AvgIpc) is 3.15. The molecule has 1 heterocycles. The third kappa shape index (κ3) is 1.71. The fourth-order valence-electron chi connectivity index (χ4n) is 3.75. The van der Waals surface area contributed by atoms with Gasteiger partial charge in [0.05, 0.1) is 10.7 Å². The van der Waals surface area contributed by atoms with Gasteiger partial charge in [0.15, 0.2) is 0 Å². The van der Waals surface area contributed by atoms with Crippen LogP contribution in [-0.4, -0.2) is 4.98 Å². The molecule has 3 atom stereocenters. The van der Waals surface area contributed by atoms with Crippen molar-refractivity contribution in [3.05, 3.63) is 40.7 Å². The van der Waals surface area contributed by atoms with E-state index in [4.69, 9.17) is 4.98 Å². The molecule has 4 rings (SSSR count). The first-order chi connectivity index (χ1) is 8.90. The molecular formula is C16H17NS. The zero-order valence-electron chi connectivity index (χ0n) is 10.4. The Kier molecular flexibility index (Phi) is 2.51. The van der Waals surface area contributed by atoms with Gasteiger partial charge in [0, 0.05) is 16.9 Å². The lowest BCUT2D eigenvalue weighted by molar-refractivity contribution is 0.419. The predicted molar refractivity (Wildman–Crippen MR) is 75.7 cm³/mol. The van der Waals surface area contributed by atoms with E-state index in [2.05, 4.69) is 35.7 Å². The predicted octanol–water partition coefficient (Wildman–Crippen LogP) is 4.71. The highest BCUT2D eigenvalue weighted by molar-refractivity contribution is 7.10. The van der Waals surface area contributed by atoms with Crippen LogP contribution in [-0.2, 0) is 0 Å². The Hall–Kier alpha value is -1.15. The van der Waals surface area contributed by atoms with E-state index in [0.717, 1.165) is 17.8 Å². The van der Waals surface area contributed by atoms with E-state index in [0.29, 0.717) is 0 Å². The van der Waals surface area contributed by atoms with Crippen LogP contribution in [0.2, 0.25) is 0 Å². The van der Waals surface area contributed by atoms with Crippen LogP contribution in [0.3, 0.4) is 0 Å². The molecule has 1 aromatic carbocycles. The van der Waals surface area contributed by atoms with Crippen LogP contribution in [0.1, 0.15) is 36.6 Å². The molecule has 0 amide bonds. The van der Waals surface area contributed by atoms with Crippen LogP contribution in [0.15, 0.2) is 35.7 Å². The topological polar surface area (TPSA) is 12.9 Å². The molecule has 18 heavy (non-hydrogen) atoms. The molecule has 2 aliphatic carbocycles. The lowest BCUT2D eigenvalue weighted by Gasteiger charge is -2.18. The molecule has 1 nitrogen and oxygen atoms in total. The molecule has 0 saturated heterocycles. The first-order valence-corrected chi connectivity index (χ1v) is 7.79. The van der Waals surface area contributed by atoms with Crippen molar-refractivity contribution < 1.29 is 0 Å². The summed E-state index contributed by atoms with van der Waals surface area (Å²) in [6.45, 7) is 0. The van der Waals surface area contributed by atoms with Gasteiger partial charge in [-0.1, -0.05) is 36.8 Å². The van der Waals surface area contributed by atoms with E-state index in [1.165, 1.54) is 41.9 Å². The molecule has 2 bridgehead atoms. The first-order valence-electron chi connectivity index (χ1n) is 6.91. The van der Waals surface area contributed by atoms with Gasteiger partial charge in [-0.15, -0.1) is 11.3 Å². The van der Waals surface area contributed by atoms with Crippen LogP contribution in [0.25, 0.3) is 11.3 Å². The smallest absolute Gasteiger partial charge is 0.0966 e. The van der Waals surface area contributed by atoms with E-state index in [1.807, 2.05) is 11.3 Å². The SMILES string of the molecule is c1ccc(-c2csc(C3CC4CCC3C4)n2)cc1. The van der Waals surface area contributed by atoms with Crippen molar-refractivity contribution in [2.24, 2.45) is 11.8 Å². The Balaban J connectivity index is 1.63. The summed E-state index contributed by atoms with van der Waals surface area (Å²) in [5.74, 6) is 2.71. The summed E-state index contributed by atoms with van der Waals surface area (Å²) in [6, 6.07) is 10.5. The fourth-order valence-corrected chi connectivity index (χ4v) is 4.78. The number of thiazole rings is 1. The van der Waals surface area contributed by atoms with E-state index < -0.39 is 0 Å². The van der Waals surface area contributed by atoms with Crippen molar-refractivity contribution in [3.8, 4) is 11.3 Å². The van der Waals surface area contributed by atoms with Gasteiger partial charge in [-0.25, -0.2) is 4.98 Å². The minimum Gasteiger partial charge on any atom is -0.241 e. The van der Waals surface area contributed by atoms with E-state index in [-0.39, 0.29) is 0 Å². The maximum Gasteiger partial charge on any atom is 0.0966 e. The highest BCUT2D eigenvalue weighted by Gasteiger charge is 2.41. The van der Waals surface area contributed by atoms with E-state index in [9.17, 15) is 0 Å². The minimum absolute atomic E-state index is 0.770. The Labute approximate surface area is 112 Å². The molecule has 2 heteroatoms. The number of hydrogen-bond acceptors (Lipinski definition) is 2. The van der Waals surface area contributed by atoms with E-state index in [1.54, 1.807) is 0 Å². The van der Waals surface area contributed by atoms with Gasteiger partial charge in [0.25, 0.3) is 0 Å². The third-order valence-electron chi connectivity index (χ3n) is 4.65. The van der Waals surface area contributed by atoms with Gasteiger partial charge >= 0.3 is 0 Å². The number of fused-ring (bicyclic) bond motifs is 2. The molecule has 1 aromatic heterocycles. The normalized spacial score (nSPS) is 29.9. The Morgan fingerprint density at radius 3 is 2.67 bits per heavy atom. The Morgan fingerprint density at radius 1 is 1.06 bits per heavy atom. The number of rotatable bonds is 2. The lowest BCUT2D eigenvalue weighted by Crippen LogP contribution is -2.07. The molecule has 0 aliphatic heterocycles. The van der Waals surface area contributed by atoms with Gasteiger partial charge in [0.2, 0.25) is 0 Å². The fraction of sp³-hybridized carbons (Fsp3) is 0.438. The van der Waals surface area contributed by atoms with Crippen LogP contribution in [0.5, 0.6) is 0 Å². The number of benzene rings is 1. The van der Waals surface area contributed by atoms with Gasteiger partial charge < -0.3 is 0 Å². The molecule has 2 aliphatic rings. The number of hydrogen-bond donors (Lipinski definition) is 0. The van der Waals surface area contributed by atoms with Gasteiger partial charge in [-0.3, -0.25) is 0 Å².